The number of hydrogen-bond donors (Lipinski definition) is 0. The van der Waals surface area contributed by atoms with Crippen LogP contribution in [0.4, 0.5) is 0 Å². The second-order valence-corrected chi connectivity index (χ2v) is 17.8. The molecule has 6 nitrogen and oxygen atoms in total. The number of ether oxygens (including phenoxy) is 3. The van der Waals surface area contributed by atoms with E-state index in [-0.39, 0.29) is 31.1 Å². The van der Waals surface area contributed by atoms with Crippen LogP contribution >= 0.6 is 0 Å². The van der Waals surface area contributed by atoms with Gasteiger partial charge in [-0.25, -0.2) is 0 Å². The van der Waals surface area contributed by atoms with Crippen molar-refractivity contribution in [1.29, 1.82) is 0 Å². The van der Waals surface area contributed by atoms with Crippen LogP contribution in [-0.4, -0.2) is 37.2 Å². The smallest absolute Gasteiger partial charge is 0.306 e. The lowest BCUT2D eigenvalue weighted by atomic mass is 10.0. The van der Waals surface area contributed by atoms with Gasteiger partial charge in [0.05, 0.1) is 0 Å². The fourth-order valence-corrected chi connectivity index (χ4v) is 7.59. The zero-order valence-corrected chi connectivity index (χ0v) is 41.1. The normalized spacial score (nSPS) is 12.4. The van der Waals surface area contributed by atoms with E-state index in [1.165, 1.54) is 128 Å². The maximum Gasteiger partial charge on any atom is 0.306 e. The first-order valence-corrected chi connectivity index (χ1v) is 26.7. The van der Waals surface area contributed by atoms with E-state index in [0.717, 1.165) is 103 Å². The first-order valence-electron chi connectivity index (χ1n) is 26.7. The van der Waals surface area contributed by atoms with Crippen LogP contribution in [0.1, 0.15) is 271 Å². The molecule has 0 rings (SSSR count). The van der Waals surface area contributed by atoms with E-state index in [4.69, 9.17) is 14.2 Å². The number of esters is 3. The van der Waals surface area contributed by atoms with Gasteiger partial charge >= 0.3 is 17.9 Å². The summed E-state index contributed by atoms with van der Waals surface area (Å²) in [6.07, 6.45) is 61.0. The van der Waals surface area contributed by atoms with Crippen LogP contribution in [0, 0.1) is 0 Å². The van der Waals surface area contributed by atoms with Crippen molar-refractivity contribution >= 4 is 17.9 Å². The highest BCUT2D eigenvalue weighted by Gasteiger charge is 2.19. The summed E-state index contributed by atoms with van der Waals surface area (Å²) in [4.78, 5) is 38.0. The molecule has 0 aliphatic heterocycles. The lowest BCUT2D eigenvalue weighted by Crippen LogP contribution is -2.30. The van der Waals surface area contributed by atoms with E-state index >= 15 is 0 Å². The van der Waals surface area contributed by atoms with Gasteiger partial charge in [0, 0.05) is 19.3 Å². The molecule has 0 aromatic heterocycles. The molecule has 0 aromatic carbocycles. The number of unbranched alkanes of at least 4 members (excludes halogenated alkanes) is 30. The van der Waals surface area contributed by atoms with Gasteiger partial charge in [-0.3, -0.25) is 14.4 Å². The highest BCUT2D eigenvalue weighted by molar-refractivity contribution is 5.71. The maximum atomic E-state index is 12.8. The van der Waals surface area contributed by atoms with Crippen molar-refractivity contribution in [3.05, 3.63) is 48.6 Å². The number of rotatable bonds is 48. The SMILES string of the molecule is CC/C=C\C/C=C\CCCCCCCC(=O)OCC(COC(=O)CCCCC/C=C\C=C/CCCCCCCCC)OC(=O)CCCCCCCCCCCCCCCCCC. The first kappa shape index (κ1) is 59.4. The summed E-state index contributed by atoms with van der Waals surface area (Å²) >= 11 is 0. The van der Waals surface area contributed by atoms with Crippen molar-refractivity contribution in [2.45, 2.75) is 277 Å². The number of carbonyl (C=O) groups excluding carboxylic acids is 3. The fraction of sp³-hybridized carbons (Fsp3) is 0.804. The van der Waals surface area contributed by atoms with Crippen LogP contribution < -0.4 is 0 Å². The lowest BCUT2D eigenvalue weighted by Gasteiger charge is -2.18. The van der Waals surface area contributed by atoms with Crippen LogP contribution in [-0.2, 0) is 28.6 Å². The molecule has 0 fully saturated rings. The Morgan fingerprint density at radius 2 is 0.677 bits per heavy atom. The van der Waals surface area contributed by atoms with Crippen molar-refractivity contribution in [2.24, 2.45) is 0 Å². The third-order valence-electron chi connectivity index (χ3n) is 11.6. The van der Waals surface area contributed by atoms with Gasteiger partial charge in [-0.15, -0.1) is 0 Å². The third kappa shape index (κ3) is 48.4. The molecule has 0 heterocycles. The molecule has 0 N–H and O–H groups in total. The Kier molecular flexibility index (Phi) is 48.8. The van der Waals surface area contributed by atoms with Gasteiger partial charge in [-0.05, 0) is 70.6 Å². The summed E-state index contributed by atoms with van der Waals surface area (Å²) in [5, 5.41) is 0. The fourth-order valence-electron chi connectivity index (χ4n) is 7.59. The topological polar surface area (TPSA) is 78.9 Å². The highest BCUT2D eigenvalue weighted by Crippen LogP contribution is 2.16. The second-order valence-electron chi connectivity index (χ2n) is 17.8. The molecular formula is C56H100O6. The van der Waals surface area contributed by atoms with Crippen molar-refractivity contribution in [3.63, 3.8) is 0 Å². The third-order valence-corrected chi connectivity index (χ3v) is 11.6. The summed E-state index contributed by atoms with van der Waals surface area (Å²) in [5.41, 5.74) is 0. The lowest BCUT2D eigenvalue weighted by molar-refractivity contribution is -0.167. The summed E-state index contributed by atoms with van der Waals surface area (Å²) in [7, 11) is 0. The molecule has 0 bridgehead atoms. The molecule has 6 heteroatoms. The summed E-state index contributed by atoms with van der Waals surface area (Å²) in [6.45, 7) is 6.51. The van der Waals surface area contributed by atoms with Gasteiger partial charge in [-0.1, -0.05) is 230 Å². The number of hydrogen-bond acceptors (Lipinski definition) is 6. The second kappa shape index (κ2) is 51.0. The summed E-state index contributed by atoms with van der Waals surface area (Å²) in [5.74, 6) is -0.917. The Hall–Kier alpha value is -2.63. The Bertz CT molecular complexity index is 1090. The predicted molar refractivity (Wildman–Crippen MR) is 265 cm³/mol. The van der Waals surface area contributed by atoms with Crippen LogP contribution in [0.3, 0.4) is 0 Å². The average molecular weight is 869 g/mol. The molecule has 0 aromatic rings. The molecule has 62 heavy (non-hydrogen) atoms. The van der Waals surface area contributed by atoms with Crippen LogP contribution in [0.5, 0.6) is 0 Å². The summed E-state index contributed by atoms with van der Waals surface area (Å²) in [6, 6.07) is 0. The minimum Gasteiger partial charge on any atom is -0.462 e. The molecule has 0 aliphatic rings. The highest BCUT2D eigenvalue weighted by atomic mass is 16.6. The van der Waals surface area contributed by atoms with Crippen molar-refractivity contribution in [3.8, 4) is 0 Å². The van der Waals surface area contributed by atoms with Gasteiger partial charge in [0.2, 0.25) is 0 Å². The molecule has 0 aliphatic carbocycles. The van der Waals surface area contributed by atoms with Gasteiger partial charge in [0.15, 0.2) is 6.10 Å². The largest absolute Gasteiger partial charge is 0.462 e. The molecule has 1 atom stereocenters. The molecule has 0 saturated carbocycles. The van der Waals surface area contributed by atoms with Gasteiger partial charge in [0.25, 0.3) is 0 Å². The molecule has 360 valence electrons. The van der Waals surface area contributed by atoms with E-state index in [9.17, 15) is 14.4 Å². The molecule has 0 radical (unpaired) electrons. The monoisotopic (exact) mass is 869 g/mol. The zero-order chi connectivity index (χ0) is 45.1. The van der Waals surface area contributed by atoms with Crippen LogP contribution in [0.15, 0.2) is 48.6 Å². The number of allylic oxidation sites excluding steroid dienone is 8. The molecule has 0 spiro atoms. The molecular weight excluding hydrogens is 769 g/mol. The predicted octanol–water partition coefficient (Wildman–Crippen LogP) is 17.5. The van der Waals surface area contributed by atoms with E-state index in [1.54, 1.807) is 0 Å². The maximum absolute atomic E-state index is 12.8. The zero-order valence-electron chi connectivity index (χ0n) is 41.1. The van der Waals surface area contributed by atoms with E-state index < -0.39 is 6.10 Å². The quantitative estimate of drug-likeness (QED) is 0.0199. The van der Waals surface area contributed by atoms with E-state index in [1.807, 2.05) is 0 Å². The summed E-state index contributed by atoms with van der Waals surface area (Å²) < 4.78 is 16.8. The Morgan fingerprint density at radius 1 is 0.355 bits per heavy atom. The van der Waals surface area contributed by atoms with Gasteiger partial charge in [-0.2, -0.15) is 0 Å². The Balaban J connectivity index is 4.40. The minimum atomic E-state index is -0.786. The molecule has 0 amide bonds. The van der Waals surface area contributed by atoms with Gasteiger partial charge in [0.1, 0.15) is 13.2 Å². The van der Waals surface area contributed by atoms with E-state index in [2.05, 4.69) is 69.4 Å². The van der Waals surface area contributed by atoms with Crippen LogP contribution in [0.25, 0.3) is 0 Å². The number of carbonyl (C=O) groups is 3. The van der Waals surface area contributed by atoms with Crippen molar-refractivity contribution in [2.75, 3.05) is 13.2 Å². The van der Waals surface area contributed by atoms with Crippen LogP contribution in [0.2, 0.25) is 0 Å². The van der Waals surface area contributed by atoms with Gasteiger partial charge < -0.3 is 14.2 Å². The minimum absolute atomic E-state index is 0.0869. The van der Waals surface area contributed by atoms with E-state index in [0.29, 0.717) is 19.3 Å². The first-order chi connectivity index (χ1) is 30.5. The Labute approximate surface area is 384 Å². The van der Waals surface area contributed by atoms with Crippen molar-refractivity contribution < 1.29 is 28.6 Å². The average Bonchev–Trinajstić information content (AvgIpc) is 3.27. The van der Waals surface area contributed by atoms with Crippen molar-refractivity contribution in [1.82, 2.24) is 0 Å². The Morgan fingerprint density at radius 3 is 1.08 bits per heavy atom. The molecule has 0 saturated heterocycles. The standard InChI is InChI=1S/C56H100O6/c1-4-7-10-13-16-19-22-25-27-29-31-34-37-40-43-46-49-55(58)61-52-53(51-60-54(57)48-45-42-39-36-33-24-21-18-15-12-9-6-3)62-56(59)50-47-44-41-38-35-32-30-28-26-23-20-17-14-11-8-5-2/h9,12,18,21,27,29,31,34,53H,4-8,10-11,13-17,19-20,22-26,28,30,32-33,35-52H2,1-3H3/b12-9-,21-18-,29-27-,34-31-. The molecule has 1 unspecified atom stereocenters.